The van der Waals surface area contributed by atoms with Crippen LogP contribution in [0.5, 0.6) is 0 Å². The lowest BCUT2D eigenvalue weighted by Crippen LogP contribution is -2.46. The molecule has 154 valence electrons. The molecule has 0 amide bonds. The number of alkyl halides is 6. The van der Waals surface area contributed by atoms with Crippen LogP contribution in [0.3, 0.4) is 0 Å². The molecule has 0 aromatic heterocycles. The zero-order chi connectivity index (χ0) is 21.0. The average molecular weight is 399 g/mol. The van der Waals surface area contributed by atoms with E-state index in [0.717, 1.165) is 6.07 Å². The molecule has 27 heavy (non-hydrogen) atoms. The topological polar surface area (TPSA) is 63.3 Å². The van der Waals surface area contributed by atoms with Crippen molar-refractivity contribution in [2.75, 3.05) is 0 Å². The Kier molecular flexibility index (Phi) is 7.32. The molecule has 0 radical (unpaired) electrons. The number of nitrogens with two attached hydrogens (primary N) is 1. The Morgan fingerprint density at radius 3 is 2.11 bits per heavy atom. The zero-order valence-electron chi connectivity index (χ0n) is 15.0. The van der Waals surface area contributed by atoms with E-state index in [1.165, 1.54) is 6.92 Å². The highest BCUT2D eigenvalue weighted by Crippen LogP contribution is 2.40. The van der Waals surface area contributed by atoms with Gasteiger partial charge in [0.05, 0.1) is 11.1 Å². The smallest absolute Gasteiger partial charge is 0.417 e. The molecule has 3 nitrogen and oxygen atoms in total. The third kappa shape index (κ3) is 6.71. The molecule has 0 aliphatic heterocycles. The summed E-state index contributed by atoms with van der Waals surface area (Å²) < 4.78 is 77.2. The van der Waals surface area contributed by atoms with Crippen molar-refractivity contribution in [2.45, 2.75) is 63.8 Å². The fraction of sp³-hybridized carbons (Fsp3) is 0.611. The lowest BCUT2D eigenvalue weighted by Gasteiger charge is -2.25. The number of hydrogen-bond acceptors (Lipinski definition) is 2. The monoisotopic (exact) mass is 399 g/mol. The van der Waals surface area contributed by atoms with Crippen molar-refractivity contribution >= 4 is 5.97 Å². The van der Waals surface area contributed by atoms with Gasteiger partial charge in [0.25, 0.3) is 0 Å². The summed E-state index contributed by atoms with van der Waals surface area (Å²) in [5.74, 6) is -1.19. The molecule has 0 spiro atoms. The van der Waals surface area contributed by atoms with Crippen LogP contribution in [0.25, 0.3) is 0 Å². The maximum Gasteiger partial charge on any atom is 0.417 e. The first kappa shape index (κ1) is 23.3. The third-order valence-electron chi connectivity index (χ3n) is 4.55. The van der Waals surface area contributed by atoms with Crippen molar-refractivity contribution in [2.24, 2.45) is 11.7 Å². The number of aliphatic carboxylic acids is 1. The standard InChI is InChI=1S/C18H23F6NO2/c1-3-11(10-16(2,25)15(26)27)5-4-6-12-7-8-13(17(19,20)21)14(9-12)18(22,23)24/h7-9,11H,3-6,10,25H2,1-2H3,(H,26,27). The van der Waals surface area contributed by atoms with Gasteiger partial charge in [-0.2, -0.15) is 26.3 Å². The summed E-state index contributed by atoms with van der Waals surface area (Å²) >= 11 is 0. The minimum atomic E-state index is -5.10. The van der Waals surface area contributed by atoms with Crippen molar-refractivity contribution in [3.63, 3.8) is 0 Å². The van der Waals surface area contributed by atoms with Gasteiger partial charge in [-0.15, -0.1) is 0 Å². The lowest BCUT2D eigenvalue weighted by atomic mass is 9.85. The normalized spacial score (nSPS) is 16.0. The first-order valence-corrected chi connectivity index (χ1v) is 8.48. The Morgan fingerprint density at radius 1 is 1.11 bits per heavy atom. The molecule has 0 bridgehead atoms. The molecule has 1 rings (SSSR count). The van der Waals surface area contributed by atoms with Crippen LogP contribution in [-0.2, 0) is 23.6 Å². The highest BCUT2D eigenvalue weighted by atomic mass is 19.4. The molecule has 1 aromatic rings. The van der Waals surface area contributed by atoms with Gasteiger partial charge < -0.3 is 10.8 Å². The van der Waals surface area contributed by atoms with E-state index in [9.17, 15) is 31.1 Å². The van der Waals surface area contributed by atoms with E-state index >= 15 is 0 Å². The van der Waals surface area contributed by atoms with E-state index in [0.29, 0.717) is 31.4 Å². The highest BCUT2D eigenvalue weighted by molar-refractivity contribution is 5.77. The van der Waals surface area contributed by atoms with Gasteiger partial charge in [0.15, 0.2) is 0 Å². The SMILES string of the molecule is CCC(CCCc1ccc(C(F)(F)F)c(C(F)(F)F)c1)CC(C)(N)C(=O)O. The summed E-state index contributed by atoms with van der Waals surface area (Å²) in [5.41, 5.74) is 1.06. The van der Waals surface area contributed by atoms with Gasteiger partial charge in [-0.1, -0.05) is 25.8 Å². The average Bonchev–Trinajstić information content (AvgIpc) is 2.51. The molecule has 0 aliphatic carbocycles. The Morgan fingerprint density at radius 2 is 1.67 bits per heavy atom. The Labute approximate surface area is 153 Å². The minimum Gasteiger partial charge on any atom is -0.480 e. The predicted octanol–water partition coefficient (Wildman–Crippen LogP) is 5.27. The molecule has 9 heteroatoms. The van der Waals surface area contributed by atoms with E-state index < -0.39 is 35.0 Å². The summed E-state index contributed by atoms with van der Waals surface area (Å²) in [4.78, 5) is 11.1. The minimum absolute atomic E-state index is 0.0485. The van der Waals surface area contributed by atoms with Crippen molar-refractivity contribution < 1.29 is 36.2 Å². The van der Waals surface area contributed by atoms with Crippen molar-refractivity contribution in [3.8, 4) is 0 Å². The van der Waals surface area contributed by atoms with Crippen LogP contribution < -0.4 is 5.73 Å². The molecule has 1 aromatic carbocycles. The second-order valence-electron chi connectivity index (χ2n) is 6.97. The van der Waals surface area contributed by atoms with E-state index in [2.05, 4.69) is 0 Å². The lowest BCUT2D eigenvalue weighted by molar-refractivity contribution is -0.162. The van der Waals surface area contributed by atoms with Gasteiger partial charge in [-0.05, 0) is 49.8 Å². The molecule has 3 N–H and O–H groups in total. The number of hydrogen-bond donors (Lipinski definition) is 2. The molecular formula is C18H23F6NO2. The summed E-state index contributed by atoms with van der Waals surface area (Å²) in [7, 11) is 0. The number of benzene rings is 1. The quantitative estimate of drug-likeness (QED) is 0.586. The summed E-state index contributed by atoms with van der Waals surface area (Å²) in [6, 6.07) is 2.04. The molecule has 2 atom stereocenters. The Balaban J connectivity index is 2.84. The van der Waals surface area contributed by atoms with Crippen LogP contribution in [0.2, 0.25) is 0 Å². The molecule has 0 heterocycles. The molecule has 2 unspecified atom stereocenters. The van der Waals surface area contributed by atoms with Gasteiger partial charge in [0, 0.05) is 0 Å². The van der Waals surface area contributed by atoms with Crippen molar-refractivity contribution in [3.05, 3.63) is 34.9 Å². The van der Waals surface area contributed by atoms with Gasteiger partial charge in [-0.25, -0.2) is 0 Å². The molecule has 0 fully saturated rings. The number of carboxylic acid groups (broad SMARTS) is 1. The first-order chi connectivity index (χ1) is 12.2. The Bertz CT molecular complexity index is 652. The second kappa shape index (κ2) is 8.50. The molecule has 0 aliphatic rings. The number of carbonyl (C=O) groups is 1. The fourth-order valence-electron chi connectivity index (χ4n) is 2.96. The zero-order valence-corrected chi connectivity index (χ0v) is 15.0. The van der Waals surface area contributed by atoms with Crippen LogP contribution in [0.15, 0.2) is 18.2 Å². The van der Waals surface area contributed by atoms with Crippen LogP contribution in [0.1, 0.15) is 56.2 Å². The van der Waals surface area contributed by atoms with E-state index in [4.69, 9.17) is 10.8 Å². The fourth-order valence-corrected chi connectivity index (χ4v) is 2.96. The maximum absolute atomic E-state index is 13.0. The largest absolute Gasteiger partial charge is 0.480 e. The summed E-state index contributed by atoms with van der Waals surface area (Å²) in [5, 5.41) is 9.06. The third-order valence-corrected chi connectivity index (χ3v) is 4.55. The maximum atomic E-state index is 13.0. The number of carboxylic acids is 1. The van der Waals surface area contributed by atoms with Crippen LogP contribution in [0, 0.1) is 5.92 Å². The first-order valence-electron chi connectivity index (χ1n) is 8.48. The van der Waals surface area contributed by atoms with Gasteiger partial charge in [0.2, 0.25) is 0 Å². The number of aryl methyl sites for hydroxylation is 1. The van der Waals surface area contributed by atoms with Crippen LogP contribution in [-0.4, -0.2) is 16.6 Å². The van der Waals surface area contributed by atoms with Crippen LogP contribution in [0.4, 0.5) is 26.3 Å². The van der Waals surface area contributed by atoms with Crippen molar-refractivity contribution in [1.29, 1.82) is 0 Å². The Hall–Kier alpha value is -1.77. The van der Waals surface area contributed by atoms with Crippen molar-refractivity contribution in [1.82, 2.24) is 0 Å². The second-order valence-corrected chi connectivity index (χ2v) is 6.97. The van der Waals surface area contributed by atoms with E-state index in [1.54, 1.807) is 0 Å². The number of halogens is 6. The van der Waals surface area contributed by atoms with Crippen LogP contribution >= 0.6 is 0 Å². The van der Waals surface area contributed by atoms with Gasteiger partial charge in [0.1, 0.15) is 5.54 Å². The van der Waals surface area contributed by atoms with E-state index in [-0.39, 0.29) is 24.3 Å². The van der Waals surface area contributed by atoms with Gasteiger partial charge >= 0.3 is 18.3 Å². The number of rotatable bonds is 8. The molecular weight excluding hydrogens is 376 g/mol. The summed E-state index contributed by atoms with van der Waals surface area (Å²) in [6.45, 7) is 3.24. The van der Waals surface area contributed by atoms with Gasteiger partial charge in [-0.3, -0.25) is 4.79 Å². The predicted molar refractivity (Wildman–Crippen MR) is 88.0 cm³/mol. The van der Waals surface area contributed by atoms with E-state index in [1.807, 2.05) is 6.92 Å². The summed E-state index contributed by atoms with van der Waals surface area (Å²) in [6.07, 6.45) is -8.25. The molecule has 0 saturated carbocycles. The highest BCUT2D eigenvalue weighted by Gasteiger charge is 2.43. The molecule has 0 saturated heterocycles.